The molecule has 0 saturated heterocycles. The smallest absolute Gasteiger partial charge is 0.161 e. The van der Waals surface area contributed by atoms with E-state index in [0.29, 0.717) is 23.8 Å². The van der Waals surface area contributed by atoms with Gasteiger partial charge in [0.25, 0.3) is 0 Å². The average Bonchev–Trinajstić information content (AvgIpc) is 3.10. The highest BCUT2D eigenvalue weighted by Crippen LogP contribution is 2.31. The fraction of sp³-hybridized carbons (Fsp3) is 0.100. The summed E-state index contributed by atoms with van der Waals surface area (Å²) in [5, 5.41) is 27.2. The number of nitrogens with one attached hydrogen (secondary N) is 1. The average molecular weight is 362 g/mol. The molecule has 4 aromatic rings. The van der Waals surface area contributed by atoms with E-state index < -0.39 is 0 Å². The number of phenolic OH excluding ortho intramolecular Hbond substituents is 2. The third-order valence-corrected chi connectivity index (χ3v) is 4.22. The summed E-state index contributed by atoms with van der Waals surface area (Å²) in [5.74, 6) is 1.38. The summed E-state index contributed by atoms with van der Waals surface area (Å²) < 4.78 is 6.92. The second-order valence-corrected chi connectivity index (χ2v) is 6.04. The van der Waals surface area contributed by atoms with Crippen LogP contribution >= 0.6 is 0 Å². The zero-order valence-electron chi connectivity index (χ0n) is 14.6. The van der Waals surface area contributed by atoms with Crippen molar-refractivity contribution in [3.63, 3.8) is 0 Å². The number of hydrogen-bond acceptors (Lipinski definition) is 6. The van der Waals surface area contributed by atoms with Crippen LogP contribution in [-0.2, 0) is 6.54 Å². The minimum atomic E-state index is 0.0801. The lowest BCUT2D eigenvalue weighted by molar-refractivity contribution is 0.373. The van der Waals surface area contributed by atoms with Gasteiger partial charge in [-0.3, -0.25) is 0 Å². The molecule has 0 aliphatic rings. The third kappa shape index (κ3) is 3.35. The molecule has 0 spiro atoms. The van der Waals surface area contributed by atoms with Gasteiger partial charge in [-0.25, -0.2) is 9.50 Å². The van der Waals surface area contributed by atoms with E-state index in [1.54, 1.807) is 47.1 Å². The van der Waals surface area contributed by atoms with Crippen LogP contribution in [0.1, 0.15) is 5.56 Å². The number of aromatic hydroxyl groups is 2. The van der Waals surface area contributed by atoms with Gasteiger partial charge in [0.1, 0.15) is 11.6 Å². The van der Waals surface area contributed by atoms with E-state index in [-0.39, 0.29) is 11.5 Å². The number of rotatable bonds is 5. The summed E-state index contributed by atoms with van der Waals surface area (Å²) in [4.78, 5) is 4.38. The molecular formula is C20H18N4O3. The molecule has 7 nitrogen and oxygen atoms in total. The van der Waals surface area contributed by atoms with Crippen molar-refractivity contribution in [3.05, 3.63) is 66.4 Å². The number of hydrogen-bond donors (Lipinski definition) is 3. The minimum Gasteiger partial charge on any atom is -0.508 e. The van der Waals surface area contributed by atoms with Gasteiger partial charge in [-0.05, 0) is 48.0 Å². The van der Waals surface area contributed by atoms with Crippen LogP contribution in [0.2, 0.25) is 0 Å². The second kappa shape index (κ2) is 6.87. The third-order valence-electron chi connectivity index (χ3n) is 4.22. The summed E-state index contributed by atoms with van der Waals surface area (Å²) in [5.41, 5.74) is 3.27. The molecule has 27 heavy (non-hydrogen) atoms. The van der Waals surface area contributed by atoms with E-state index in [1.807, 2.05) is 18.2 Å². The van der Waals surface area contributed by atoms with Gasteiger partial charge in [-0.1, -0.05) is 12.1 Å². The molecule has 0 unspecified atom stereocenters. The molecule has 136 valence electrons. The first-order valence-corrected chi connectivity index (χ1v) is 8.38. The largest absolute Gasteiger partial charge is 0.508 e. The molecule has 0 amide bonds. The van der Waals surface area contributed by atoms with E-state index in [2.05, 4.69) is 15.4 Å². The summed E-state index contributed by atoms with van der Waals surface area (Å²) in [6.07, 6.45) is 1.73. The summed E-state index contributed by atoms with van der Waals surface area (Å²) >= 11 is 0. The van der Waals surface area contributed by atoms with Crippen molar-refractivity contribution < 1.29 is 14.9 Å². The molecule has 4 rings (SSSR count). The SMILES string of the molecule is COc1cc(-c2cnc3ccc(NCc4cccc(O)c4)nn23)ccc1O. The van der Waals surface area contributed by atoms with E-state index in [1.165, 1.54) is 7.11 Å². The van der Waals surface area contributed by atoms with E-state index in [9.17, 15) is 10.2 Å². The summed E-state index contributed by atoms with van der Waals surface area (Å²) in [6, 6.07) is 15.9. The Morgan fingerprint density at radius 3 is 2.78 bits per heavy atom. The molecule has 0 radical (unpaired) electrons. The number of imidazole rings is 1. The lowest BCUT2D eigenvalue weighted by Gasteiger charge is -2.09. The Morgan fingerprint density at radius 2 is 1.96 bits per heavy atom. The predicted octanol–water partition coefficient (Wildman–Crippen LogP) is 3.43. The molecule has 3 N–H and O–H groups in total. The van der Waals surface area contributed by atoms with E-state index in [0.717, 1.165) is 16.8 Å². The maximum atomic E-state index is 9.80. The molecule has 0 aliphatic carbocycles. The van der Waals surface area contributed by atoms with Crippen LogP contribution in [0, 0.1) is 0 Å². The molecule has 0 aliphatic heterocycles. The van der Waals surface area contributed by atoms with Crippen LogP contribution in [0.5, 0.6) is 17.2 Å². The highest BCUT2D eigenvalue weighted by atomic mass is 16.5. The highest BCUT2D eigenvalue weighted by molar-refractivity contribution is 5.67. The number of fused-ring (bicyclic) bond motifs is 1. The van der Waals surface area contributed by atoms with Crippen molar-refractivity contribution >= 4 is 11.5 Å². The Morgan fingerprint density at radius 1 is 1.07 bits per heavy atom. The van der Waals surface area contributed by atoms with Crippen LogP contribution < -0.4 is 10.1 Å². The number of phenols is 2. The maximum Gasteiger partial charge on any atom is 0.161 e. The van der Waals surface area contributed by atoms with Gasteiger partial charge < -0.3 is 20.3 Å². The molecule has 2 aromatic carbocycles. The predicted molar refractivity (Wildman–Crippen MR) is 102 cm³/mol. The first-order valence-electron chi connectivity index (χ1n) is 8.38. The normalized spacial score (nSPS) is 10.9. The number of anilines is 1. The van der Waals surface area contributed by atoms with Crippen molar-refractivity contribution in [3.8, 4) is 28.5 Å². The molecule has 2 heterocycles. The number of aromatic nitrogens is 3. The molecule has 0 bridgehead atoms. The van der Waals surface area contributed by atoms with E-state index >= 15 is 0 Å². The van der Waals surface area contributed by atoms with Gasteiger partial charge in [0.05, 0.1) is 19.0 Å². The monoisotopic (exact) mass is 362 g/mol. The Balaban J connectivity index is 1.65. The van der Waals surface area contributed by atoms with E-state index in [4.69, 9.17) is 4.74 Å². The fourth-order valence-electron chi connectivity index (χ4n) is 2.86. The molecule has 0 saturated carbocycles. The standard InChI is InChI=1S/C20H18N4O3/c1-27-18-10-14(5-6-17(18)26)16-12-22-20-8-7-19(23-24(16)20)21-11-13-3-2-4-15(25)9-13/h2-10,12,25-26H,11H2,1H3,(H,21,23). The lowest BCUT2D eigenvalue weighted by atomic mass is 10.1. The second-order valence-electron chi connectivity index (χ2n) is 6.04. The van der Waals surface area contributed by atoms with Gasteiger partial charge >= 0.3 is 0 Å². The summed E-state index contributed by atoms with van der Waals surface area (Å²) in [7, 11) is 1.51. The topological polar surface area (TPSA) is 91.9 Å². The van der Waals surface area contributed by atoms with Crippen molar-refractivity contribution in [1.29, 1.82) is 0 Å². The van der Waals surface area contributed by atoms with Crippen molar-refractivity contribution in [2.24, 2.45) is 0 Å². The number of nitrogens with zero attached hydrogens (tertiary/aromatic N) is 3. The number of benzene rings is 2. The summed E-state index contributed by atoms with van der Waals surface area (Å²) in [6.45, 7) is 0.532. The molecular weight excluding hydrogens is 344 g/mol. The minimum absolute atomic E-state index is 0.0801. The van der Waals surface area contributed by atoms with Crippen LogP contribution in [0.4, 0.5) is 5.82 Å². The fourth-order valence-corrected chi connectivity index (χ4v) is 2.86. The Bertz CT molecular complexity index is 1110. The van der Waals surface area contributed by atoms with Crippen molar-refractivity contribution in [2.75, 3.05) is 12.4 Å². The van der Waals surface area contributed by atoms with Crippen molar-refractivity contribution in [2.45, 2.75) is 6.54 Å². The maximum absolute atomic E-state index is 9.80. The Hall–Kier alpha value is -3.74. The van der Waals surface area contributed by atoms with Crippen LogP contribution in [0.25, 0.3) is 16.9 Å². The Kier molecular flexibility index (Phi) is 4.25. The highest BCUT2D eigenvalue weighted by Gasteiger charge is 2.11. The van der Waals surface area contributed by atoms with Gasteiger partial charge in [-0.2, -0.15) is 0 Å². The number of methoxy groups -OCH3 is 1. The quantitative estimate of drug-likeness (QED) is 0.504. The lowest BCUT2D eigenvalue weighted by Crippen LogP contribution is -2.04. The molecule has 2 aromatic heterocycles. The first-order chi connectivity index (χ1) is 13.1. The van der Waals surface area contributed by atoms with Gasteiger partial charge in [0.2, 0.25) is 0 Å². The zero-order valence-corrected chi connectivity index (χ0v) is 14.6. The van der Waals surface area contributed by atoms with Crippen LogP contribution in [0.3, 0.4) is 0 Å². The molecule has 0 atom stereocenters. The van der Waals surface area contributed by atoms with Gasteiger partial charge in [-0.15, -0.1) is 5.10 Å². The van der Waals surface area contributed by atoms with Crippen molar-refractivity contribution in [1.82, 2.24) is 14.6 Å². The van der Waals surface area contributed by atoms with Gasteiger partial charge in [0.15, 0.2) is 17.1 Å². The zero-order chi connectivity index (χ0) is 18.8. The van der Waals surface area contributed by atoms with Crippen LogP contribution in [0.15, 0.2) is 60.8 Å². The van der Waals surface area contributed by atoms with Crippen LogP contribution in [-0.4, -0.2) is 31.9 Å². The molecule has 0 fully saturated rings. The number of ether oxygens (including phenoxy) is 1. The Labute approximate surface area is 155 Å². The van der Waals surface area contributed by atoms with Gasteiger partial charge in [0, 0.05) is 12.1 Å². The first kappa shape index (κ1) is 16.7. The molecule has 7 heteroatoms.